The van der Waals surface area contributed by atoms with Crippen molar-refractivity contribution >= 4 is 12.1 Å². The van der Waals surface area contributed by atoms with Crippen LogP contribution in [-0.4, -0.2) is 23.7 Å². The van der Waals surface area contributed by atoms with E-state index in [1.165, 1.54) is 0 Å². The zero-order chi connectivity index (χ0) is 18.4. The van der Waals surface area contributed by atoms with E-state index in [4.69, 9.17) is 4.74 Å². The van der Waals surface area contributed by atoms with Crippen LogP contribution < -0.4 is 61.8 Å². The molecule has 0 fully saturated rings. The molecule has 0 aliphatic carbocycles. The second-order valence-electron chi connectivity index (χ2n) is 6.78. The Labute approximate surface area is 196 Å². The first-order valence-electron chi connectivity index (χ1n) is 8.09. The molecule has 26 heavy (non-hydrogen) atoms. The summed E-state index contributed by atoms with van der Waals surface area (Å²) in [7, 11) is 0. The molecule has 132 valence electrons. The number of carboxylic acid groups (broad SMARTS) is 1. The SMILES string of the molecule is CC(C)(C)OC(=O)N[C@@H](Cc1ccc(-c2ccccc2)cc1)C(=O)[O-].[K+]. The van der Waals surface area contributed by atoms with Crippen molar-refractivity contribution in [1.29, 1.82) is 0 Å². The number of carboxylic acids is 1. The monoisotopic (exact) mass is 379 g/mol. The average Bonchev–Trinajstić information content (AvgIpc) is 2.54. The number of nitrogens with one attached hydrogen (secondary N) is 1. The molecule has 6 heteroatoms. The topological polar surface area (TPSA) is 78.5 Å². The minimum atomic E-state index is -1.35. The standard InChI is InChI=1S/C20H23NO4.K/c1-20(2,3)25-19(24)21-17(18(22)23)13-14-9-11-16(12-10-14)15-7-5-4-6-8-15;/h4-12,17H,13H2,1-3H3,(H,21,24)(H,22,23);/q;+1/p-1/t17-;/m0./s1. The molecule has 0 heterocycles. The zero-order valence-corrected chi connectivity index (χ0v) is 18.7. The van der Waals surface area contributed by atoms with Crippen molar-refractivity contribution in [2.24, 2.45) is 0 Å². The summed E-state index contributed by atoms with van der Waals surface area (Å²) in [5, 5.41) is 13.7. The first-order chi connectivity index (χ1) is 11.7. The maximum atomic E-state index is 11.8. The maximum Gasteiger partial charge on any atom is 1.00 e. The molecule has 0 aliphatic heterocycles. The van der Waals surface area contributed by atoms with Gasteiger partial charge >= 0.3 is 57.5 Å². The number of carbonyl (C=O) groups is 2. The molecule has 5 nitrogen and oxygen atoms in total. The number of benzene rings is 2. The average molecular weight is 379 g/mol. The van der Waals surface area contributed by atoms with Crippen LogP contribution >= 0.6 is 0 Å². The number of alkyl carbamates (subject to hydrolysis) is 1. The molecule has 0 aliphatic rings. The van der Waals surface area contributed by atoms with Gasteiger partial charge in [0.2, 0.25) is 0 Å². The summed E-state index contributed by atoms with van der Waals surface area (Å²) in [6.07, 6.45) is -0.654. The normalized spacial score (nSPS) is 11.8. The van der Waals surface area contributed by atoms with Crippen LogP contribution in [0.15, 0.2) is 54.6 Å². The summed E-state index contributed by atoms with van der Waals surface area (Å²) in [4.78, 5) is 23.1. The molecule has 0 saturated heterocycles. The fraction of sp³-hybridized carbons (Fsp3) is 0.300. The van der Waals surface area contributed by atoms with Crippen LogP contribution in [0.3, 0.4) is 0 Å². The van der Waals surface area contributed by atoms with Gasteiger partial charge in [-0.1, -0.05) is 54.6 Å². The smallest absolute Gasteiger partial charge is 0.548 e. The first kappa shape index (κ1) is 22.9. The van der Waals surface area contributed by atoms with Crippen LogP contribution in [0.25, 0.3) is 11.1 Å². The predicted octanol–water partition coefficient (Wildman–Crippen LogP) is -0.457. The van der Waals surface area contributed by atoms with E-state index in [-0.39, 0.29) is 57.8 Å². The Morgan fingerprint density at radius 1 is 1.00 bits per heavy atom. The minimum Gasteiger partial charge on any atom is -0.548 e. The van der Waals surface area contributed by atoms with Gasteiger partial charge in [0.1, 0.15) is 5.60 Å². The number of hydrogen-bond acceptors (Lipinski definition) is 4. The summed E-state index contributed by atoms with van der Waals surface area (Å²) in [5.74, 6) is -1.35. The molecule has 1 amide bonds. The molecular weight excluding hydrogens is 357 g/mol. The van der Waals surface area contributed by atoms with Crippen molar-refractivity contribution in [3.63, 3.8) is 0 Å². The van der Waals surface area contributed by atoms with E-state index in [1.807, 2.05) is 54.6 Å². The Balaban J connectivity index is 0.00000338. The number of aliphatic carboxylic acids is 1. The van der Waals surface area contributed by atoms with Gasteiger partial charge in [-0.15, -0.1) is 0 Å². The third kappa shape index (κ3) is 7.59. The molecule has 0 aromatic heterocycles. The van der Waals surface area contributed by atoms with Crippen molar-refractivity contribution in [1.82, 2.24) is 5.32 Å². The summed E-state index contributed by atoms with van der Waals surface area (Å²) < 4.78 is 5.09. The van der Waals surface area contributed by atoms with Crippen molar-refractivity contribution in [3.05, 3.63) is 60.2 Å². The first-order valence-corrected chi connectivity index (χ1v) is 8.09. The zero-order valence-electron chi connectivity index (χ0n) is 15.6. The van der Waals surface area contributed by atoms with Gasteiger partial charge < -0.3 is 20.0 Å². The Bertz CT molecular complexity index is 724. The molecule has 0 radical (unpaired) electrons. The second-order valence-corrected chi connectivity index (χ2v) is 6.78. The van der Waals surface area contributed by atoms with E-state index in [0.29, 0.717) is 0 Å². The molecule has 1 N–H and O–H groups in total. The van der Waals surface area contributed by atoms with Crippen molar-refractivity contribution in [3.8, 4) is 11.1 Å². The van der Waals surface area contributed by atoms with Gasteiger partial charge in [0.15, 0.2) is 0 Å². The van der Waals surface area contributed by atoms with E-state index < -0.39 is 23.7 Å². The van der Waals surface area contributed by atoms with Gasteiger partial charge in [-0.2, -0.15) is 0 Å². The van der Waals surface area contributed by atoms with Gasteiger partial charge in [-0.25, -0.2) is 4.79 Å². The van der Waals surface area contributed by atoms with Crippen LogP contribution in [0.5, 0.6) is 0 Å². The van der Waals surface area contributed by atoms with Crippen LogP contribution in [0.4, 0.5) is 4.79 Å². The van der Waals surface area contributed by atoms with E-state index in [9.17, 15) is 14.7 Å². The number of rotatable bonds is 5. The molecule has 0 bridgehead atoms. The van der Waals surface area contributed by atoms with Crippen molar-refractivity contribution in [2.45, 2.75) is 38.8 Å². The molecule has 0 unspecified atom stereocenters. The summed E-state index contributed by atoms with van der Waals surface area (Å²) in [6.45, 7) is 5.13. The minimum absolute atomic E-state index is 0. The van der Waals surface area contributed by atoms with Gasteiger partial charge in [0, 0.05) is 0 Å². The van der Waals surface area contributed by atoms with E-state index >= 15 is 0 Å². The fourth-order valence-corrected chi connectivity index (χ4v) is 2.34. The second kappa shape index (κ2) is 10.2. The number of hydrogen-bond donors (Lipinski definition) is 1. The Morgan fingerprint density at radius 3 is 2.04 bits per heavy atom. The molecule has 2 aromatic carbocycles. The quantitative estimate of drug-likeness (QED) is 0.714. The van der Waals surface area contributed by atoms with Crippen molar-refractivity contribution in [2.75, 3.05) is 0 Å². The molecular formula is C20H22KNO4. The molecule has 0 spiro atoms. The van der Waals surface area contributed by atoms with Gasteiger partial charge in [-0.3, -0.25) is 0 Å². The van der Waals surface area contributed by atoms with E-state index in [2.05, 4.69) is 5.32 Å². The fourth-order valence-electron chi connectivity index (χ4n) is 2.34. The van der Waals surface area contributed by atoms with Crippen LogP contribution in [0.1, 0.15) is 26.3 Å². The van der Waals surface area contributed by atoms with Crippen LogP contribution in [-0.2, 0) is 16.0 Å². The predicted molar refractivity (Wildman–Crippen MR) is 93.7 cm³/mol. The van der Waals surface area contributed by atoms with Gasteiger partial charge in [0.25, 0.3) is 0 Å². The summed E-state index contributed by atoms with van der Waals surface area (Å²) >= 11 is 0. The Hall–Kier alpha value is -1.18. The van der Waals surface area contributed by atoms with Crippen molar-refractivity contribution < 1.29 is 70.8 Å². The van der Waals surface area contributed by atoms with Gasteiger partial charge in [-0.05, 0) is 43.9 Å². The summed E-state index contributed by atoms with van der Waals surface area (Å²) in [5.41, 5.74) is 2.20. The number of carbonyl (C=O) groups excluding carboxylic acids is 2. The third-order valence-electron chi connectivity index (χ3n) is 3.48. The van der Waals surface area contributed by atoms with Crippen LogP contribution in [0.2, 0.25) is 0 Å². The third-order valence-corrected chi connectivity index (χ3v) is 3.48. The number of ether oxygens (including phenoxy) is 1. The van der Waals surface area contributed by atoms with Crippen LogP contribution in [0, 0.1) is 0 Å². The Morgan fingerprint density at radius 2 is 1.54 bits per heavy atom. The van der Waals surface area contributed by atoms with E-state index in [1.54, 1.807) is 20.8 Å². The number of amides is 1. The van der Waals surface area contributed by atoms with Gasteiger partial charge in [0.05, 0.1) is 12.0 Å². The maximum absolute atomic E-state index is 11.8. The Kier molecular flexibility index (Phi) is 8.99. The molecule has 1 atom stereocenters. The molecule has 2 rings (SSSR count). The largest absolute Gasteiger partial charge is 1.00 e. The van der Waals surface area contributed by atoms with E-state index in [0.717, 1.165) is 16.7 Å². The molecule has 0 saturated carbocycles. The summed E-state index contributed by atoms with van der Waals surface area (Å²) in [6, 6.07) is 16.2. The molecule has 2 aromatic rings.